The van der Waals surface area contributed by atoms with E-state index in [1.54, 1.807) is 13.0 Å². The first kappa shape index (κ1) is 18.8. The van der Waals surface area contributed by atoms with E-state index in [1.165, 1.54) is 16.4 Å². The standard InChI is InChI=1S/C17H21N7O2S/c1-11-9-14(22-26-11)19-15(25)7-8-27-17-21-20-16(24(17)18)12-5-4-6-13(10-12)23(2)3/h4-6,9-10H,7-8,18H2,1-3H3,(H,19,22,25). The summed E-state index contributed by atoms with van der Waals surface area (Å²) in [6.45, 7) is 1.76. The minimum atomic E-state index is -0.155. The number of amides is 1. The number of rotatable bonds is 7. The molecule has 2 aromatic heterocycles. The summed E-state index contributed by atoms with van der Waals surface area (Å²) >= 11 is 1.37. The molecule has 142 valence electrons. The van der Waals surface area contributed by atoms with Crippen molar-refractivity contribution >= 4 is 29.2 Å². The monoisotopic (exact) mass is 387 g/mol. The maximum absolute atomic E-state index is 11.9. The van der Waals surface area contributed by atoms with Crippen LogP contribution in [-0.4, -0.2) is 45.8 Å². The first-order chi connectivity index (χ1) is 12.9. The van der Waals surface area contributed by atoms with E-state index in [0.717, 1.165) is 11.3 Å². The van der Waals surface area contributed by atoms with Crippen molar-refractivity contribution in [2.45, 2.75) is 18.5 Å². The van der Waals surface area contributed by atoms with Crippen LogP contribution in [0.1, 0.15) is 12.2 Å². The lowest BCUT2D eigenvalue weighted by Crippen LogP contribution is -2.14. The van der Waals surface area contributed by atoms with E-state index in [-0.39, 0.29) is 12.3 Å². The van der Waals surface area contributed by atoms with Gasteiger partial charge in [-0.2, -0.15) is 0 Å². The first-order valence-electron chi connectivity index (χ1n) is 8.28. The molecule has 0 fully saturated rings. The zero-order valence-corrected chi connectivity index (χ0v) is 16.2. The Morgan fingerprint density at radius 2 is 2.15 bits per heavy atom. The molecule has 0 aliphatic rings. The normalized spacial score (nSPS) is 10.8. The van der Waals surface area contributed by atoms with Crippen molar-refractivity contribution < 1.29 is 9.32 Å². The van der Waals surface area contributed by atoms with Gasteiger partial charge in [0, 0.05) is 43.6 Å². The van der Waals surface area contributed by atoms with Gasteiger partial charge in [-0.05, 0) is 19.1 Å². The summed E-state index contributed by atoms with van der Waals surface area (Å²) in [7, 11) is 3.94. The predicted octanol–water partition coefficient (Wildman–Crippen LogP) is 2.14. The van der Waals surface area contributed by atoms with E-state index in [2.05, 4.69) is 20.7 Å². The minimum Gasteiger partial charge on any atom is -0.378 e. The number of hydrogen-bond acceptors (Lipinski definition) is 8. The zero-order chi connectivity index (χ0) is 19.4. The molecule has 3 rings (SSSR count). The number of hydrogen-bond donors (Lipinski definition) is 2. The molecule has 3 N–H and O–H groups in total. The van der Waals surface area contributed by atoms with E-state index in [9.17, 15) is 4.79 Å². The fraction of sp³-hybridized carbons (Fsp3) is 0.294. The van der Waals surface area contributed by atoms with Gasteiger partial charge in [-0.25, -0.2) is 4.68 Å². The number of aryl methyl sites for hydroxylation is 1. The van der Waals surface area contributed by atoms with Crippen LogP contribution in [0, 0.1) is 6.92 Å². The molecule has 0 unspecified atom stereocenters. The van der Waals surface area contributed by atoms with Gasteiger partial charge in [0.25, 0.3) is 0 Å². The molecule has 1 amide bonds. The van der Waals surface area contributed by atoms with E-state index in [4.69, 9.17) is 10.4 Å². The lowest BCUT2D eigenvalue weighted by atomic mass is 10.2. The van der Waals surface area contributed by atoms with Crippen LogP contribution in [0.4, 0.5) is 11.5 Å². The summed E-state index contributed by atoms with van der Waals surface area (Å²) in [5.41, 5.74) is 1.92. The van der Waals surface area contributed by atoms with Gasteiger partial charge in [-0.1, -0.05) is 29.1 Å². The Labute approximate surface area is 160 Å². The molecule has 2 heterocycles. The first-order valence-corrected chi connectivity index (χ1v) is 9.27. The molecule has 27 heavy (non-hydrogen) atoms. The lowest BCUT2D eigenvalue weighted by molar-refractivity contribution is -0.115. The Bertz CT molecular complexity index is 935. The van der Waals surface area contributed by atoms with Gasteiger partial charge < -0.3 is 20.6 Å². The van der Waals surface area contributed by atoms with Crippen LogP contribution < -0.4 is 16.1 Å². The molecule has 0 aliphatic heterocycles. The second-order valence-electron chi connectivity index (χ2n) is 6.09. The van der Waals surface area contributed by atoms with Crippen LogP contribution in [0.3, 0.4) is 0 Å². The Morgan fingerprint density at radius 1 is 1.33 bits per heavy atom. The fourth-order valence-electron chi connectivity index (χ4n) is 2.36. The van der Waals surface area contributed by atoms with Crippen molar-refractivity contribution in [3.05, 3.63) is 36.1 Å². The second kappa shape index (κ2) is 8.12. The molecule has 0 atom stereocenters. The van der Waals surface area contributed by atoms with Gasteiger partial charge in [0.05, 0.1) is 0 Å². The van der Waals surface area contributed by atoms with Crippen LogP contribution in [0.15, 0.2) is 40.0 Å². The number of thioether (sulfide) groups is 1. The number of carbonyl (C=O) groups is 1. The molecule has 0 spiro atoms. The third kappa shape index (κ3) is 4.59. The Morgan fingerprint density at radius 3 is 2.85 bits per heavy atom. The molecule has 3 aromatic rings. The highest BCUT2D eigenvalue weighted by molar-refractivity contribution is 7.99. The number of aromatic nitrogens is 4. The maximum atomic E-state index is 11.9. The average Bonchev–Trinajstić information content (AvgIpc) is 3.21. The van der Waals surface area contributed by atoms with E-state index >= 15 is 0 Å². The highest BCUT2D eigenvalue weighted by atomic mass is 32.2. The van der Waals surface area contributed by atoms with Gasteiger partial charge in [-0.15, -0.1) is 10.2 Å². The molecule has 1 aromatic carbocycles. The predicted molar refractivity (Wildman–Crippen MR) is 105 cm³/mol. The lowest BCUT2D eigenvalue weighted by Gasteiger charge is -2.13. The Kier molecular flexibility index (Phi) is 5.65. The maximum Gasteiger partial charge on any atom is 0.226 e. The summed E-state index contributed by atoms with van der Waals surface area (Å²) in [4.78, 5) is 13.9. The summed E-state index contributed by atoms with van der Waals surface area (Å²) in [6, 6.07) is 9.54. The number of nitrogens with one attached hydrogen (secondary N) is 1. The van der Waals surface area contributed by atoms with Crippen molar-refractivity contribution in [1.29, 1.82) is 0 Å². The van der Waals surface area contributed by atoms with Crippen LogP contribution in [0.5, 0.6) is 0 Å². The largest absolute Gasteiger partial charge is 0.378 e. The van der Waals surface area contributed by atoms with Gasteiger partial charge >= 0.3 is 0 Å². The molecular weight excluding hydrogens is 366 g/mol. The number of carbonyl (C=O) groups excluding carboxylic acids is 1. The summed E-state index contributed by atoms with van der Waals surface area (Å²) in [5, 5.41) is 15.3. The molecule has 10 heteroatoms. The van der Waals surface area contributed by atoms with Gasteiger partial charge in [0.15, 0.2) is 11.6 Å². The number of nitrogen functional groups attached to an aromatic ring is 1. The van der Waals surface area contributed by atoms with Crippen molar-refractivity contribution in [2.24, 2.45) is 0 Å². The summed E-state index contributed by atoms with van der Waals surface area (Å²) in [6.07, 6.45) is 0.287. The second-order valence-corrected chi connectivity index (χ2v) is 7.15. The molecule has 0 saturated carbocycles. The topological polar surface area (TPSA) is 115 Å². The number of nitrogens with two attached hydrogens (primary N) is 1. The molecule has 9 nitrogen and oxygen atoms in total. The molecule has 0 bridgehead atoms. The minimum absolute atomic E-state index is 0.155. The highest BCUT2D eigenvalue weighted by Gasteiger charge is 2.14. The molecule has 0 radical (unpaired) electrons. The number of benzene rings is 1. The zero-order valence-electron chi connectivity index (χ0n) is 15.3. The third-order valence-corrected chi connectivity index (χ3v) is 4.69. The average molecular weight is 387 g/mol. The van der Waals surface area contributed by atoms with Crippen molar-refractivity contribution in [1.82, 2.24) is 20.0 Å². The number of anilines is 2. The fourth-order valence-corrected chi connectivity index (χ4v) is 3.16. The van der Waals surface area contributed by atoms with Crippen LogP contribution >= 0.6 is 11.8 Å². The van der Waals surface area contributed by atoms with Gasteiger partial charge in [0.2, 0.25) is 11.1 Å². The van der Waals surface area contributed by atoms with E-state index in [1.807, 2.05) is 43.3 Å². The van der Waals surface area contributed by atoms with Crippen molar-refractivity contribution in [2.75, 3.05) is 35.9 Å². The van der Waals surface area contributed by atoms with E-state index in [0.29, 0.717) is 28.3 Å². The Hall–Kier alpha value is -3.01. The van der Waals surface area contributed by atoms with Crippen LogP contribution in [0.2, 0.25) is 0 Å². The third-order valence-electron chi connectivity index (χ3n) is 3.74. The van der Waals surface area contributed by atoms with E-state index < -0.39 is 0 Å². The molecular formula is C17H21N7O2S. The molecule has 0 aliphatic carbocycles. The van der Waals surface area contributed by atoms with Gasteiger partial charge in [-0.3, -0.25) is 4.79 Å². The summed E-state index contributed by atoms with van der Waals surface area (Å²) in [5.74, 6) is 8.12. The Balaban J connectivity index is 1.59. The summed E-state index contributed by atoms with van der Waals surface area (Å²) < 4.78 is 6.35. The van der Waals surface area contributed by atoms with Crippen molar-refractivity contribution in [3.8, 4) is 11.4 Å². The SMILES string of the molecule is Cc1cc(NC(=O)CCSc2nnc(-c3cccc(N(C)C)c3)n2N)no1. The van der Waals surface area contributed by atoms with Crippen LogP contribution in [0.25, 0.3) is 11.4 Å². The smallest absolute Gasteiger partial charge is 0.226 e. The van der Waals surface area contributed by atoms with Crippen molar-refractivity contribution in [3.63, 3.8) is 0 Å². The molecule has 0 saturated heterocycles. The van der Waals surface area contributed by atoms with Crippen LogP contribution in [-0.2, 0) is 4.79 Å². The van der Waals surface area contributed by atoms with Gasteiger partial charge in [0.1, 0.15) is 5.76 Å². The quantitative estimate of drug-likeness (QED) is 0.468. The number of nitrogens with zero attached hydrogens (tertiary/aromatic N) is 5. The highest BCUT2D eigenvalue weighted by Crippen LogP contribution is 2.25.